The van der Waals surface area contributed by atoms with E-state index in [1.165, 1.54) is 11.1 Å². The molecule has 0 atom stereocenters. The molecule has 4 rings (SSSR count). The first kappa shape index (κ1) is 21.6. The van der Waals surface area contributed by atoms with Gasteiger partial charge in [-0.25, -0.2) is 0 Å². The fourth-order valence-electron chi connectivity index (χ4n) is 4.09. The van der Waals surface area contributed by atoms with Crippen molar-refractivity contribution in [3.8, 4) is 0 Å². The summed E-state index contributed by atoms with van der Waals surface area (Å²) >= 11 is 0. The first-order chi connectivity index (χ1) is 14.8. The number of hydrogen-bond acceptors (Lipinski definition) is 3. The second kappa shape index (κ2) is 8.85. The first-order valence-electron chi connectivity index (χ1n) is 11.2. The maximum Gasteiger partial charge on any atom is 0.267 e. The number of carbonyl (C=O) groups is 1. The fourth-order valence-corrected chi connectivity index (χ4v) is 4.09. The number of nitrogens with one attached hydrogen (secondary N) is 2. The van der Waals surface area contributed by atoms with Crippen LogP contribution in [0.25, 0.3) is 10.9 Å². The Morgan fingerprint density at radius 3 is 2.42 bits per heavy atom. The predicted octanol–water partition coefficient (Wildman–Crippen LogP) is 4.35. The molecular formula is C26H33N3O2. The number of carbonyl (C=O) groups excluding carboxylic acids is 1. The van der Waals surface area contributed by atoms with Gasteiger partial charge in [0.15, 0.2) is 0 Å². The Morgan fingerprint density at radius 1 is 1.06 bits per heavy atom. The molecule has 164 valence electrons. The van der Waals surface area contributed by atoms with Crippen molar-refractivity contribution in [2.24, 2.45) is 0 Å². The smallest absolute Gasteiger partial charge is 0.267 e. The molecule has 2 aromatic carbocycles. The van der Waals surface area contributed by atoms with Gasteiger partial charge in [-0.3, -0.25) is 9.69 Å². The van der Waals surface area contributed by atoms with Crippen LogP contribution in [0.15, 0.2) is 48.5 Å². The lowest BCUT2D eigenvalue weighted by molar-refractivity contribution is 0.0792. The van der Waals surface area contributed by atoms with E-state index >= 15 is 0 Å². The van der Waals surface area contributed by atoms with Crippen molar-refractivity contribution in [1.29, 1.82) is 0 Å². The molecule has 3 aromatic rings. The quantitative estimate of drug-likeness (QED) is 0.576. The van der Waals surface area contributed by atoms with Crippen molar-refractivity contribution in [3.05, 3.63) is 70.9 Å². The molecule has 1 amide bonds. The molecule has 31 heavy (non-hydrogen) atoms. The third kappa shape index (κ3) is 5.35. The van der Waals surface area contributed by atoms with Gasteiger partial charge < -0.3 is 15.4 Å². The van der Waals surface area contributed by atoms with Crippen LogP contribution in [0.5, 0.6) is 0 Å². The Labute approximate surface area is 184 Å². The highest BCUT2D eigenvalue weighted by Crippen LogP contribution is 2.26. The summed E-state index contributed by atoms with van der Waals surface area (Å²) in [5.41, 5.74) is 5.24. The van der Waals surface area contributed by atoms with Gasteiger partial charge in [0.05, 0.1) is 6.10 Å². The molecule has 1 aromatic heterocycles. The van der Waals surface area contributed by atoms with Crippen LogP contribution in [0.3, 0.4) is 0 Å². The van der Waals surface area contributed by atoms with Gasteiger partial charge in [0.1, 0.15) is 5.69 Å². The largest absolute Gasteiger partial charge is 0.393 e. The zero-order chi connectivity index (χ0) is 22.0. The van der Waals surface area contributed by atoms with Crippen LogP contribution in [0.1, 0.15) is 60.8 Å². The van der Waals surface area contributed by atoms with Crippen molar-refractivity contribution >= 4 is 16.8 Å². The molecule has 0 radical (unpaired) electrons. The summed E-state index contributed by atoms with van der Waals surface area (Å²) in [4.78, 5) is 18.3. The molecule has 1 aliphatic heterocycles. The number of likely N-dealkylation sites (tertiary alicyclic amines) is 1. The molecule has 1 aliphatic rings. The molecule has 5 heteroatoms. The lowest BCUT2D eigenvalue weighted by atomic mass is 9.87. The molecule has 0 saturated carbocycles. The van der Waals surface area contributed by atoms with Crippen LogP contribution in [0, 0.1) is 0 Å². The normalized spacial score (nSPS) is 16.0. The van der Waals surface area contributed by atoms with Crippen molar-refractivity contribution in [3.63, 3.8) is 0 Å². The van der Waals surface area contributed by atoms with Crippen molar-refractivity contribution in [1.82, 2.24) is 15.2 Å². The Balaban J connectivity index is 1.34. The number of aliphatic hydroxyl groups excluding tert-OH is 1. The van der Waals surface area contributed by atoms with Crippen LogP contribution < -0.4 is 5.32 Å². The molecule has 0 aliphatic carbocycles. The minimum Gasteiger partial charge on any atom is -0.393 e. The zero-order valence-corrected chi connectivity index (χ0v) is 18.7. The Morgan fingerprint density at radius 2 is 1.74 bits per heavy atom. The van der Waals surface area contributed by atoms with E-state index in [-0.39, 0.29) is 17.4 Å². The average molecular weight is 420 g/mol. The minimum atomic E-state index is -0.139. The van der Waals surface area contributed by atoms with Crippen LogP contribution >= 0.6 is 0 Å². The van der Waals surface area contributed by atoms with E-state index in [9.17, 15) is 9.90 Å². The zero-order valence-electron chi connectivity index (χ0n) is 18.7. The lowest BCUT2D eigenvalue weighted by Gasteiger charge is -2.29. The molecule has 0 bridgehead atoms. The highest BCUT2D eigenvalue weighted by atomic mass is 16.3. The number of aromatic nitrogens is 1. The van der Waals surface area contributed by atoms with E-state index in [1.54, 1.807) is 0 Å². The van der Waals surface area contributed by atoms with Gasteiger partial charge in [-0.2, -0.15) is 0 Å². The number of benzene rings is 2. The number of piperidine rings is 1. The van der Waals surface area contributed by atoms with Crippen LogP contribution in [0.4, 0.5) is 0 Å². The second-order valence-corrected chi connectivity index (χ2v) is 9.74. The molecule has 1 saturated heterocycles. The van der Waals surface area contributed by atoms with Crippen molar-refractivity contribution in [2.75, 3.05) is 13.1 Å². The summed E-state index contributed by atoms with van der Waals surface area (Å²) in [6.45, 7) is 9.86. The molecule has 3 N–H and O–H groups in total. The van der Waals surface area contributed by atoms with Crippen molar-refractivity contribution in [2.45, 2.75) is 58.2 Å². The number of H-pyrrole nitrogens is 1. The van der Waals surface area contributed by atoms with Gasteiger partial charge in [0.25, 0.3) is 5.91 Å². The maximum atomic E-state index is 12.7. The summed E-state index contributed by atoms with van der Waals surface area (Å²) in [5, 5.41) is 13.7. The predicted molar refractivity (Wildman–Crippen MR) is 125 cm³/mol. The number of aromatic amines is 1. The molecule has 0 spiro atoms. The van der Waals surface area contributed by atoms with Gasteiger partial charge >= 0.3 is 0 Å². The summed E-state index contributed by atoms with van der Waals surface area (Å²) in [5.74, 6) is -0.0931. The van der Waals surface area contributed by atoms with Crippen molar-refractivity contribution < 1.29 is 9.90 Å². The monoisotopic (exact) mass is 419 g/mol. The third-order valence-electron chi connectivity index (χ3n) is 6.17. The number of hydrogen-bond donors (Lipinski definition) is 3. The Hall–Kier alpha value is -2.63. The van der Waals surface area contributed by atoms with E-state index in [0.717, 1.165) is 48.9 Å². The highest BCUT2D eigenvalue weighted by molar-refractivity contribution is 5.98. The topological polar surface area (TPSA) is 68.4 Å². The summed E-state index contributed by atoms with van der Waals surface area (Å²) in [7, 11) is 0. The third-order valence-corrected chi connectivity index (χ3v) is 6.17. The average Bonchev–Trinajstić information content (AvgIpc) is 3.18. The summed E-state index contributed by atoms with van der Waals surface area (Å²) in [6, 6.07) is 16.7. The lowest BCUT2D eigenvalue weighted by Crippen LogP contribution is -2.35. The van der Waals surface area contributed by atoms with Gasteiger partial charge in [0, 0.05) is 37.1 Å². The van der Waals surface area contributed by atoms with Gasteiger partial charge in [-0.05, 0) is 47.1 Å². The van der Waals surface area contributed by atoms with Gasteiger partial charge in [-0.1, -0.05) is 57.2 Å². The SMILES string of the molecule is CC(C)(C)c1ccc2cc(C(=O)NCc3ccc(CN4CCC(O)CC4)cc3)[nH]c2c1. The highest BCUT2D eigenvalue weighted by Gasteiger charge is 2.17. The molecule has 1 fully saturated rings. The number of nitrogens with zero attached hydrogens (tertiary/aromatic N) is 1. The minimum absolute atomic E-state index is 0.0726. The summed E-state index contributed by atoms with van der Waals surface area (Å²) in [6.07, 6.45) is 1.57. The maximum absolute atomic E-state index is 12.7. The second-order valence-electron chi connectivity index (χ2n) is 9.74. The Bertz CT molecular complexity index is 1040. The first-order valence-corrected chi connectivity index (χ1v) is 11.2. The van der Waals surface area contributed by atoms with Crippen LogP contribution in [0.2, 0.25) is 0 Å². The van der Waals surface area contributed by atoms with Gasteiger partial charge in [0.2, 0.25) is 0 Å². The van der Waals surface area contributed by atoms with Crippen LogP contribution in [-0.2, 0) is 18.5 Å². The van der Waals surface area contributed by atoms with Gasteiger partial charge in [-0.15, -0.1) is 0 Å². The van der Waals surface area contributed by atoms with E-state index in [2.05, 4.69) is 78.4 Å². The molecule has 0 unspecified atom stereocenters. The van der Waals surface area contributed by atoms with E-state index in [0.29, 0.717) is 12.2 Å². The van der Waals surface area contributed by atoms with Crippen LogP contribution in [-0.4, -0.2) is 40.1 Å². The van der Waals surface area contributed by atoms with E-state index < -0.39 is 0 Å². The molecular weight excluding hydrogens is 386 g/mol. The number of rotatable bonds is 5. The number of fused-ring (bicyclic) bond motifs is 1. The standard InChI is InChI=1S/C26H33N3O2/c1-26(2,3)21-9-8-20-14-24(28-23(20)15-21)25(31)27-16-18-4-6-19(7-5-18)17-29-12-10-22(30)11-13-29/h4-9,14-15,22,28,30H,10-13,16-17H2,1-3H3,(H,27,31). The fraction of sp³-hybridized carbons (Fsp3) is 0.423. The number of aliphatic hydroxyl groups is 1. The summed E-state index contributed by atoms with van der Waals surface area (Å²) < 4.78 is 0. The van der Waals surface area contributed by atoms with E-state index in [4.69, 9.17) is 0 Å². The van der Waals surface area contributed by atoms with E-state index in [1.807, 2.05) is 6.07 Å². The molecule has 5 nitrogen and oxygen atoms in total. The number of amides is 1. The molecule has 2 heterocycles. The Kier molecular flexibility index (Phi) is 6.17.